The number of carbonyl (C=O) groups is 3. The number of aromatic nitrogens is 3. The van der Waals surface area contributed by atoms with Crippen LogP contribution in [0.2, 0.25) is 0 Å². The molecule has 1 aliphatic rings. The quantitative estimate of drug-likeness (QED) is 0.352. The highest BCUT2D eigenvalue weighted by Crippen LogP contribution is 2.29. The largest absolute Gasteiger partial charge is 0.464 e. The Morgan fingerprint density at radius 1 is 1.24 bits per heavy atom. The molecule has 0 radical (unpaired) electrons. The van der Waals surface area contributed by atoms with E-state index in [-0.39, 0.29) is 43.5 Å². The summed E-state index contributed by atoms with van der Waals surface area (Å²) in [5.41, 5.74) is 0.478. The zero-order chi connectivity index (χ0) is 26.9. The van der Waals surface area contributed by atoms with Gasteiger partial charge in [-0.15, -0.1) is 0 Å². The molecule has 11 heteroatoms. The van der Waals surface area contributed by atoms with Crippen molar-refractivity contribution in [3.63, 3.8) is 0 Å². The van der Waals surface area contributed by atoms with Crippen molar-refractivity contribution >= 4 is 34.8 Å². The number of fused-ring (bicyclic) bond motifs is 1. The normalized spacial score (nSPS) is 17.3. The van der Waals surface area contributed by atoms with Crippen LogP contribution in [-0.2, 0) is 14.3 Å². The number of carbonyl (C=O) groups excluding carboxylic acids is 3. The highest BCUT2D eigenvalue weighted by Gasteiger charge is 2.33. The lowest BCUT2D eigenvalue weighted by Crippen LogP contribution is -2.52. The van der Waals surface area contributed by atoms with Crippen LogP contribution in [0.5, 0.6) is 0 Å². The molecule has 3 rings (SSSR count). The second-order valence-electron chi connectivity index (χ2n) is 9.62. The molecule has 0 spiro atoms. The van der Waals surface area contributed by atoms with Gasteiger partial charge in [-0.1, -0.05) is 26.7 Å². The molecule has 0 N–H and O–H groups in total. The first kappa shape index (κ1) is 27.9. The molecule has 200 valence electrons. The first-order valence-electron chi connectivity index (χ1n) is 12.9. The smallest absolute Gasteiger partial charge is 0.329 e. The molecule has 0 saturated carbocycles. The van der Waals surface area contributed by atoms with Crippen LogP contribution in [-0.4, -0.2) is 88.6 Å². The van der Waals surface area contributed by atoms with Crippen LogP contribution in [0.25, 0.3) is 11.0 Å². The molecule has 2 aromatic rings. The number of unbranched alkanes of at least 4 members (excludes halogenated alkanes) is 2. The summed E-state index contributed by atoms with van der Waals surface area (Å²) in [6, 6.07) is 3.46. The SMILES string of the molecule is CCCCCC(=O)OCCN(C)C(=O)n1ccc2c(N(C)[C@H]3CN(C(=O)CC#N)CC[C@H]3C)ncnc21. The van der Waals surface area contributed by atoms with E-state index in [0.29, 0.717) is 36.9 Å². The molecule has 1 fully saturated rings. The number of nitrogens with zero attached hydrogens (tertiary/aromatic N) is 7. The van der Waals surface area contributed by atoms with Crippen LogP contribution in [0.1, 0.15) is 52.4 Å². The molecule has 2 amide bonds. The molecular formula is C26H37N7O4. The van der Waals surface area contributed by atoms with E-state index in [1.807, 2.05) is 24.1 Å². The standard InChI is InChI=1S/C26H37N7O4/c1-5-6-7-8-23(35)37-16-15-30(3)26(36)33-14-11-20-24(28-18-29-25(20)33)31(4)21-17-32(13-10-19(21)2)22(34)9-12-27/h11,14,18-19,21H,5-10,13,15-17H2,1-4H3/t19-,21+/m1/s1. The van der Waals surface area contributed by atoms with Crippen LogP contribution in [0, 0.1) is 17.2 Å². The molecule has 11 nitrogen and oxygen atoms in total. The van der Waals surface area contributed by atoms with Crippen molar-refractivity contribution in [1.29, 1.82) is 5.26 Å². The molecule has 3 heterocycles. The van der Waals surface area contributed by atoms with E-state index in [9.17, 15) is 14.4 Å². The first-order valence-corrected chi connectivity index (χ1v) is 12.9. The summed E-state index contributed by atoms with van der Waals surface area (Å²) in [4.78, 5) is 51.4. The maximum atomic E-state index is 13.1. The highest BCUT2D eigenvalue weighted by molar-refractivity contribution is 5.94. The van der Waals surface area contributed by atoms with Crippen molar-refractivity contribution in [1.82, 2.24) is 24.3 Å². The van der Waals surface area contributed by atoms with Gasteiger partial charge in [-0.3, -0.25) is 14.2 Å². The fraction of sp³-hybridized carbons (Fsp3) is 0.615. The second-order valence-corrected chi connectivity index (χ2v) is 9.62. The number of likely N-dealkylation sites (tertiary alicyclic amines) is 1. The summed E-state index contributed by atoms with van der Waals surface area (Å²) in [6.07, 6.45) is 7.03. The number of ether oxygens (including phenoxy) is 1. The Balaban J connectivity index is 1.69. The van der Waals surface area contributed by atoms with Gasteiger partial charge in [0.1, 0.15) is 25.2 Å². The van der Waals surface area contributed by atoms with Crippen LogP contribution < -0.4 is 4.90 Å². The third-order valence-electron chi connectivity index (χ3n) is 7.00. The fourth-order valence-electron chi connectivity index (χ4n) is 4.66. The molecule has 2 atom stereocenters. The molecule has 2 aromatic heterocycles. The Labute approximate surface area is 218 Å². The van der Waals surface area contributed by atoms with Gasteiger partial charge in [-0.2, -0.15) is 5.26 Å². The van der Waals surface area contributed by atoms with E-state index in [2.05, 4.69) is 23.8 Å². The zero-order valence-corrected chi connectivity index (χ0v) is 22.2. The van der Waals surface area contributed by atoms with E-state index >= 15 is 0 Å². The van der Waals surface area contributed by atoms with Crippen LogP contribution in [0.3, 0.4) is 0 Å². The predicted molar refractivity (Wildman–Crippen MR) is 139 cm³/mol. The summed E-state index contributed by atoms with van der Waals surface area (Å²) < 4.78 is 6.73. The lowest BCUT2D eigenvalue weighted by atomic mass is 9.92. The molecule has 0 aliphatic carbocycles. The summed E-state index contributed by atoms with van der Waals surface area (Å²) in [7, 11) is 3.59. The lowest BCUT2D eigenvalue weighted by molar-refractivity contribution is -0.144. The average molecular weight is 512 g/mol. The third-order valence-corrected chi connectivity index (χ3v) is 7.00. The third kappa shape index (κ3) is 6.76. The van der Waals surface area contributed by atoms with Gasteiger partial charge in [0.05, 0.1) is 24.0 Å². The van der Waals surface area contributed by atoms with Crippen LogP contribution >= 0.6 is 0 Å². The maximum Gasteiger partial charge on any atom is 0.329 e. The Morgan fingerprint density at radius 2 is 2.03 bits per heavy atom. The Hall–Kier alpha value is -3.68. The second kappa shape index (κ2) is 13.0. The van der Waals surface area contributed by atoms with E-state index in [0.717, 1.165) is 31.1 Å². The highest BCUT2D eigenvalue weighted by atomic mass is 16.5. The number of likely N-dealkylation sites (N-methyl/N-ethyl adjacent to an activating group) is 2. The minimum absolute atomic E-state index is 0.00299. The number of hydrogen-bond acceptors (Lipinski definition) is 8. The minimum atomic E-state index is -0.288. The van der Waals surface area contributed by atoms with Crippen LogP contribution in [0.15, 0.2) is 18.6 Å². The summed E-state index contributed by atoms with van der Waals surface area (Å²) >= 11 is 0. The monoisotopic (exact) mass is 511 g/mol. The molecule has 37 heavy (non-hydrogen) atoms. The number of esters is 1. The fourth-order valence-corrected chi connectivity index (χ4v) is 4.66. The molecule has 1 saturated heterocycles. The van der Waals surface area contributed by atoms with E-state index in [4.69, 9.17) is 10.00 Å². The first-order chi connectivity index (χ1) is 17.8. The Kier molecular flexibility index (Phi) is 9.83. The van der Waals surface area contributed by atoms with E-state index in [1.54, 1.807) is 18.1 Å². The summed E-state index contributed by atoms with van der Waals surface area (Å²) in [5, 5.41) is 9.63. The number of amides is 2. The van der Waals surface area contributed by atoms with Crippen LogP contribution in [0.4, 0.5) is 10.6 Å². The van der Waals surface area contributed by atoms with Gasteiger partial charge in [0.2, 0.25) is 5.91 Å². The maximum absolute atomic E-state index is 13.1. The van der Waals surface area contributed by atoms with Crippen molar-refractivity contribution in [2.24, 2.45) is 5.92 Å². The van der Waals surface area contributed by atoms with Crippen molar-refractivity contribution in [3.8, 4) is 6.07 Å². The van der Waals surface area contributed by atoms with Gasteiger partial charge < -0.3 is 19.4 Å². The summed E-state index contributed by atoms with van der Waals surface area (Å²) in [6.45, 7) is 5.76. The lowest BCUT2D eigenvalue weighted by Gasteiger charge is -2.42. The average Bonchev–Trinajstić information content (AvgIpc) is 3.32. The Morgan fingerprint density at radius 3 is 2.76 bits per heavy atom. The number of hydrogen-bond donors (Lipinski definition) is 0. The zero-order valence-electron chi connectivity index (χ0n) is 22.2. The predicted octanol–water partition coefficient (Wildman–Crippen LogP) is 3.04. The van der Waals surface area contributed by atoms with Gasteiger partial charge in [-0.25, -0.2) is 14.8 Å². The van der Waals surface area contributed by atoms with Gasteiger partial charge >= 0.3 is 12.0 Å². The van der Waals surface area contributed by atoms with Crippen molar-refractivity contribution in [2.45, 2.75) is 58.4 Å². The topological polar surface area (TPSA) is 125 Å². The van der Waals surface area contributed by atoms with Gasteiger partial charge in [0.25, 0.3) is 0 Å². The molecule has 0 unspecified atom stereocenters. The molecule has 1 aliphatic heterocycles. The van der Waals surface area contributed by atoms with Crippen molar-refractivity contribution in [2.75, 3.05) is 45.2 Å². The number of piperidine rings is 1. The Bertz CT molecular complexity index is 1140. The van der Waals surface area contributed by atoms with Gasteiger partial charge in [0.15, 0.2) is 5.65 Å². The molecule has 0 aromatic carbocycles. The van der Waals surface area contributed by atoms with Crippen molar-refractivity contribution in [3.05, 3.63) is 18.6 Å². The van der Waals surface area contributed by atoms with Gasteiger partial charge in [0, 0.05) is 39.8 Å². The van der Waals surface area contributed by atoms with Crippen molar-refractivity contribution < 1.29 is 19.1 Å². The molecular weight excluding hydrogens is 474 g/mol. The minimum Gasteiger partial charge on any atom is -0.464 e. The summed E-state index contributed by atoms with van der Waals surface area (Å²) in [5.74, 6) is 0.574. The van der Waals surface area contributed by atoms with E-state index < -0.39 is 0 Å². The molecule has 0 bridgehead atoms. The van der Waals surface area contributed by atoms with E-state index in [1.165, 1.54) is 15.8 Å². The number of nitriles is 1. The van der Waals surface area contributed by atoms with Gasteiger partial charge in [-0.05, 0) is 24.8 Å². The number of anilines is 1. The number of rotatable bonds is 10.